The standard InChI is InChI=1S/C15H23NO3S/c1-12(10-16-15(2,3)4)11-19-13-6-8-14(9-7-13)20(5,17)18/h6-9,16H,1,10-11H2,2-5H3. The van der Waals surface area contributed by atoms with Crippen molar-refractivity contribution in [3.63, 3.8) is 0 Å². The lowest BCUT2D eigenvalue weighted by molar-refractivity contribution is 0.341. The molecule has 1 aromatic carbocycles. The van der Waals surface area contributed by atoms with E-state index in [0.717, 1.165) is 5.57 Å². The largest absolute Gasteiger partial charge is 0.489 e. The Morgan fingerprint density at radius 2 is 1.80 bits per heavy atom. The third-order valence-electron chi connectivity index (χ3n) is 2.56. The van der Waals surface area contributed by atoms with Crippen LogP contribution in [0, 0.1) is 0 Å². The molecule has 0 saturated heterocycles. The van der Waals surface area contributed by atoms with E-state index in [1.807, 2.05) is 0 Å². The molecule has 20 heavy (non-hydrogen) atoms. The monoisotopic (exact) mass is 297 g/mol. The Kier molecular flexibility index (Phi) is 5.36. The average Bonchev–Trinajstić information content (AvgIpc) is 2.32. The Balaban J connectivity index is 2.48. The quantitative estimate of drug-likeness (QED) is 0.819. The summed E-state index contributed by atoms with van der Waals surface area (Å²) in [6.07, 6.45) is 1.18. The number of sulfone groups is 1. The fraction of sp³-hybridized carbons (Fsp3) is 0.467. The van der Waals surface area contributed by atoms with Gasteiger partial charge < -0.3 is 10.1 Å². The van der Waals surface area contributed by atoms with Crippen LogP contribution in [0.25, 0.3) is 0 Å². The summed E-state index contributed by atoms with van der Waals surface area (Å²) in [5.74, 6) is 0.634. The third-order valence-corrected chi connectivity index (χ3v) is 3.69. The second kappa shape index (κ2) is 6.41. The van der Waals surface area contributed by atoms with Gasteiger partial charge in [0, 0.05) is 18.3 Å². The SMILES string of the molecule is C=C(CNC(C)(C)C)COc1ccc(S(C)(=O)=O)cc1. The molecule has 0 heterocycles. The molecule has 1 rings (SSSR count). The summed E-state index contributed by atoms with van der Waals surface area (Å²) in [6.45, 7) is 11.3. The summed E-state index contributed by atoms with van der Waals surface area (Å²) >= 11 is 0. The van der Waals surface area contributed by atoms with E-state index in [4.69, 9.17) is 4.74 Å². The molecule has 112 valence electrons. The van der Waals surface area contributed by atoms with Gasteiger partial charge in [-0.3, -0.25) is 0 Å². The maximum atomic E-state index is 11.3. The minimum Gasteiger partial charge on any atom is -0.489 e. The van der Waals surface area contributed by atoms with E-state index in [1.54, 1.807) is 24.3 Å². The van der Waals surface area contributed by atoms with Gasteiger partial charge in [-0.05, 0) is 50.6 Å². The Bertz CT molecular complexity index is 554. The van der Waals surface area contributed by atoms with Gasteiger partial charge in [-0.25, -0.2) is 8.42 Å². The zero-order valence-electron chi connectivity index (χ0n) is 12.6. The van der Waals surface area contributed by atoms with Crippen molar-refractivity contribution in [3.05, 3.63) is 36.4 Å². The molecule has 0 fully saturated rings. The highest BCUT2D eigenvalue weighted by molar-refractivity contribution is 7.90. The van der Waals surface area contributed by atoms with Crippen LogP contribution in [0.2, 0.25) is 0 Å². The van der Waals surface area contributed by atoms with Crippen LogP contribution in [0.4, 0.5) is 0 Å². The van der Waals surface area contributed by atoms with E-state index in [1.165, 1.54) is 6.26 Å². The van der Waals surface area contributed by atoms with Crippen molar-refractivity contribution in [1.29, 1.82) is 0 Å². The Hall–Kier alpha value is -1.33. The number of nitrogens with one attached hydrogen (secondary N) is 1. The molecule has 0 unspecified atom stereocenters. The van der Waals surface area contributed by atoms with Crippen molar-refractivity contribution in [1.82, 2.24) is 5.32 Å². The van der Waals surface area contributed by atoms with Gasteiger partial charge in [-0.2, -0.15) is 0 Å². The normalized spacial score (nSPS) is 12.2. The molecule has 4 nitrogen and oxygen atoms in total. The summed E-state index contributed by atoms with van der Waals surface area (Å²) in [7, 11) is -3.16. The number of hydrogen-bond donors (Lipinski definition) is 1. The second-order valence-electron chi connectivity index (χ2n) is 5.89. The van der Waals surface area contributed by atoms with Crippen LogP contribution in [0.3, 0.4) is 0 Å². The van der Waals surface area contributed by atoms with E-state index >= 15 is 0 Å². The first-order valence-corrected chi connectivity index (χ1v) is 8.32. The number of rotatable bonds is 6. The summed E-state index contributed by atoms with van der Waals surface area (Å²) < 4.78 is 28.2. The summed E-state index contributed by atoms with van der Waals surface area (Å²) in [6, 6.07) is 6.39. The van der Waals surface area contributed by atoms with E-state index in [9.17, 15) is 8.42 Å². The molecule has 0 aliphatic rings. The van der Waals surface area contributed by atoms with Gasteiger partial charge in [-0.1, -0.05) is 6.58 Å². The van der Waals surface area contributed by atoms with E-state index in [-0.39, 0.29) is 10.4 Å². The van der Waals surface area contributed by atoms with Gasteiger partial charge in [-0.15, -0.1) is 0 Å². The molecule has 0 spiro atoms. The van der Waals surface area contributed by atoms with Gasteiger partial charge in [0.1, 0.15) is 12.4 Å². The maximum Gasteiger partial charge on any atom is 0.175 e. The van der Waals surface area contributed by atoms with Crippen molar-refractivity contribution in [2.45, 2.75) is 31.2 Å². The third kappa shape index (κ3) is 6.21. The Labute approximate surface area is 121 Å². The fourth-order valence-corrected chi connectivity index (χ4v) is 2.04. The number of benzene rings is 1. The van der Waals surface area contributed by atoms with Crippen molar-refractivity contribution in [2.24, 2.45) is 0 Å². The molecule has 5 heteroatoms. The summed E-state index contributed by atoms with van der Waals surface area (Å²) in [5.41, 5.74) is 0.979. The highest BCUT2D eigenvalue weighted by Crippen LogP contribution is 2.16. The second-order valence-corrected chi connectivity index (χ2v) is 7.90. The van der Waals surface area contributed by atoms with E-state index in [2.05, 4.69) is 32.7 Å². The molecule has 0 saturated carbocycles. The van der Waals surface area contributed by atoms with E-state index < -0.39 is 9.84 Å². The van der Waals surface area contributed by atoms with Crippen molar-refractivity contribution in [2.75, 3.05) is 19.4 Å². The van der Waals surface area contributed by atoms with E-state index in [0.29, 0.717) is 18.9 Å². The van der Waals surface area contributed by atoms with Crippen molar-refractivity contribution < 1.29 is 13.2 Å². The van der Waals surface area contributed by atoms with Crippen LogP contribution in [-0.2, 0) is 9.84 Å². The lowest BCUT2D eigenvalue weighted by Crippen LogP contribution is -2.37. The lowest BCUT2D eigenvalue weighted by atomic mass is 10.1. The fourth-order valence-electron chi connectivity index (χ4n) is 1.41. The maximum absolute atomic E-state index is 11.3. The minimum absolute atomic E-state index is 0.0417. The molecule has 0 aromatic heterocycles. The van der Waals surface area contributed by atoms with Crippen LogP contribution in [0.5, 0.6) is 5.75 Å². The predicted molar refractivity (Wildman–Crippen MR) is 81.9 cm³/mol. The molecule has 1 aromatic rings. The van der Waals surface area contributed by atoms with Gasteiger partial charge in [0.05, 0.1) is 4.90 Å². The van der Waals surface area contributed by atoms with Gasteiger partial charge >= 0.3 is 0 Å². The van der Waals surface area contributed by atoms with Gasteiger partial charge in [0.2, 0.25) is 0 Å². The number of hydrogen-bond acceptors (Lipinski definition) is 4. The molecule has 0 aliphatic carbocycles. The van der Waals surface area contributed by atoms with Crippen LogP contribution < -0.4 is 10.1 Å². The topological polar surface area (TPSA) is 55.4 Å². The zero-order chi connectivity index (χ0) is 15.4. The zero-order valence-corrected chi connectivity index (χ0v) is 13.4. The summed E-state index contributed by atoms with van der Waals surface area (Å²) in [5, 5.41) is 3.33. The molecule has 0 bridgehead atoms. The molecular weight excluding hydrogens is 274 g/mol. The minimum atomic E-state index is -3.16. The highest BCUT2D eigenvalue weighted by Gasteiger charge is 2.09. The van der Waals surface area contributed by atoms with Gasteiger partial charge in [0.25, 0.3) is 0 Å². The highest BCUT2D eigenvalue weighted by atomic mass is 32.2. The average molecular weight is 297 g/mol. The molecule has 1 N–H and O–H groups in total. The lowest BCUT2D eigenvalue weighted by Gasteiger charge is -2.21. The van der Waals surface area contributed by atoms with Crippen LogP contribution in [0.1, 0.15) is 20.8 Å². The summed E-state index contributed by atoms with van der Waals surface area (Å²) in [4.78, 5) is 0.290. The van der Waals surface area contributed by atoms with Crippen LogP contribution in [0.15, 0.2) is 41.3 Å². The first-order valence-electron chi connectivity index (χ1n) is 6.42. The molecule has 0 radical (unpaired) electrons. The first kappa shape index (κ1) is 16.7. The Morgan fingerprint density at radius 1 is 1.25 bits per heavy atom. The van der Waals surface area contributed by atoms with Crippen LogP contribution >= 0.6 is 0 Å². The number of ether oxygens (including phenoxy) is 1. The van der Waals surface area contributed by atoms with Gasteiger partial charge in [0.15, 0.2) is 9.84 Å². The molecular formula is C15H23NO3S. The molecule has 0 amide bonds. The predicted octanol–water partition coefficient (Wildman–Crippen LogP) is 2.41. The van der Waals surface area contributed by atoms with Crippen molar-refractivity contribution in [3.8, 4) is 5.75 Å². The molecule has 0 aliphatic heterocycles. The van der Waals surface area contributed by atoms with Crippen molar-refractivity contribution >= 4 is 9.84 Å². The van der Waals surface area contributed by atoms with Crippen LogP contribution in [-0.4, -0.2) is 33.4 Å². The Morgan fingerprint density at radius 3 is 2.25 bits per heavy atom. The first-order chi connectivity index (χ1) is 9.08. The molecule has 0 atom stereocenters. The smallest absolute Gasteiger partial charge is 0.175 e.